The number of hydrogen-bond donors (Lipinski definition) is 2. The van der Waals surface area contributed by atoms with Crippen LogP contribution in [0.25, 0.3) is 0 Å². The van der Waals surface area contributed by atoms with Crippen LogP contribution in [0.1, 0.15) is 18.9 Å². The van der Waals surface area contributed by atoms with Crippen molar-refractivity contribution >= 4 is 27.4 Å². The predicted molar refractivity (Wildman–Crippen MR) is 84.5 cm³/mol. The minimum atomic E-state index is 0.790. The molecule has 0 unspecified atom stereocenters. The molecule has 0 spiro atoms. The third-order valence-corrected chi connectivity index (χ3v) is 3.53. The fraction of sp³-hybridized carbons (Fsp3) is 0.267. The van der Waals surface area contributed by atoms with Crippen LogP contribution in [0.2, 0.25) is 0 Å². The quantitative estimate of drug-likeness (QED) is 0.834. The molecule has 0 radical (unpaired) electrons. The number of aromatic nitrogens is 1. The number of halogens is 1. The molecule has 3 nitrogen and oxygen atoms in total. The first-order valence-corrected chi connectivity index (χ1v) is 7.26. The highest BCUT2D eigenvalue weighted by molar-refractivity contribution is 9.10. The monoisotopic (exact) mass is 319 g/mol. The molecule has 0 atom stereocenters. The van der Waals surface area contributed by atoms with Crippen molar-refractivity contribution in [1.82, 2.24) is 4.98 Å². The van der Waals surface area contributed by atoms with Crippen LogP contribution in [0.4, 0.5) is 11.5 Å². The van der Waals surface area contributed by atoms with Crippen LogP contribution in [0.5, 0.6) is 0 Å². The average Bonchev–Trinajstić information content (AvgIpc) is 2.45. The Labute approximate surface area is 122 Å². The molecular formula is C15H18BrN3. The van der Waals surface area contributed by atoms with Crippen molar-refractivity contribution in [3.8, 4) is 0 Å². The molecule has 0 aliphatic carbocycles. The van der Waals surface area contributed by atoms with Gasteiger partial charge in [0.1, 0.15) is 5.82 Å². The van der Waals surface area contributed by atoms with Gasteiger partial charge < -0.3 is 10.6 Å². The maximum Gasteiger partial charge on any atom is 0.127 e. The van der Waals surface area contributed by atoms with Gasteiger partial charge in [0, 0.05) is 35.5 Å². The Hall–Kier alpha value is -1.55. The molecule has 4 heteroatoms. The second-order valence-electron chi connectivity index (χ2n) is 4.30. The third-order valence-electron chi connectivity index (χ3n) is 2.76. The minimum absolute atomic E-state index is 0.790. The number of hydrogen-bond acceptors (Lipinski definition) is 3. The number of benzene rings is 1. The van der Waals surface area contributed by atoms with Gasteiger partial charge in [-0.2, -0.15) is 0 Å². The van der Waals surface area contributed by atoms with E-state index in [2.05, 4.69) is 50.6 Å². The largest absolute Gasteiger partial charge is 0.381 e. The van der Waals surface area contributed by atoms with Crippen molar-refractivity contribution in [3.05, 3.63) is 52.6 Å². The Kier molecular flexibility index (Phi) is 5.21. The van der Waals surface area contributed by atoms with Crippen LogP contribution in [-0.4, -0.2) is 11.5 Å². The summed E-state index contributed by atoms with van der Waals surface area (Å²) in [5.41, 5.74) is 2.31. The Morgan fingerprint density at radius 3 is 2.79 bits per heavy atom. The molecule has 0 amide bonds. The summed E-state index contributed by atoms with van der Waals surface area (Å²) >= 11 is 3.55. The number of nitrogens with one attached hydrogen (secondary N) is 2. The average molecular weight is 320 g/mol. The van der Waals surface area contributed by atoms with Gasteiger partial charge >= 0.3 is 0 Å². The summed E-state index contributed by atoms with van der Waals surface area (Å²) in [5, 5.41) is 6.69. The zero-order valence-electron chi connectivity index (χ0n) is 11.0. The maximum atomic E-state index is 4.29. The van der Waals surface area contributed by atoms with E-state index >= 15 is 0 Å². The van der Waals surface area contributed by atoms with E-state index in [4.69, 9.17) is 0 Å². The van der Waals surface area contributed by atoms with E-state index in [0.29, 0.717) is 0 Å². The van der Waals surface area contributed by atoms with Gasteiger partial charge in [-0.25, -0.2) is 4.98 Å². The predicted octanol–water partition coefficient (Wildman–Crippen LogP) is 4.28. The first-order valence-electron chi connectivity index (χ1n) is 6.47. The molecule has 1 aromatic carbocycles. The summed E-state index contributed by atoms with van der Waals surface area (Å²) in [7, 11) is 0. The highest BCUT2D eigenvalue weighted by Gasteiger charge is 2.00. The summed E-state index contributed by atoms with van der Waals surface area (Å²) < 4.78 is 1.13. The maximum absolute atomic E-state index is 4.29. The normalized spacial score (nSPS) is 10.2. The van der Waals surface area contributed by atoms with Crippen molar-refractivity contribution in [2.45, 2.75) is 19.9 Å². The van der Waals surface area contributed by atoms with E-state index < -0.39 is 0 Å². The Morgan fingerprint density at radius 2 is 2.00 bits per heavy atom. The molecule has 19 heavy (non-hydrogen) atoms. The zero-order valence-corrected chi connectivity index (χ0v) is 12.6. The molecule has 2 aromatic rings. The van der Waals surface area contributed by atoms with Crippen molar-refractivity contribution in [2.75, 3.05) is 17.2 Å². The minimum Gasteiger partial charge on any atom is -0.381 e. The molecule has 1 heterocycles. The van der Waals surface area contributed by atoms with Gasteiger partial charge in [0.05, 0.1) is 0 Å². The lowest BCUT2D eigenvalue weighted by Crippen LogP contribution is -2.04. The molecule has 0 fully saturated rings. The third kappa shape index (κ3) is 4.24. The summed E-state index contributed by atoms with van der Waals surface area (Å²) in [5.74, 6) is 0.916. The van der Waals surface area contributed by atoms with E-state index in [1.165, 1.54) is 5.56 Å². The molecule has 0 aliphatic heterocycles. The number of nitrogens with zero attached hydrogens (tertiary/aromatic N) is 1. The van der Waals surface area contributed by atoms with Crippen molar-refractivity contribution in [3.63, 3.8) is 0 Å². The SMILES string of the molecule is CCCNc1cc(NCc2ccccc2Br)ccn1. The van der Waals surface area contributed by atoms with Gasteiger partial charge in [-0.3, -0.25) is 0 Å². The van der Waals surface area contributed by atoms with Crippen molar-refractivity contribution in [2.24, 2.45) is 0 Å². The number of rotatable bonds is 6. The van der Waals surface area contributed by atoms with Crippen molar-refractivity contribution < 1.29 is 0 Å². The molecule has 1 aromatic heterocycles. The molecule has 2 rings (SSSR count). The molecule has 0 bridgehead atoms. The van der Waals surface area contributed by atoms with E-state index in [-0.39, 0.29) is 0 Å². The molecular weight excluding hydrogens is 302 g/mol. The smallest absolute Gasteiger partial charge is 0.127 e. The van der Waals surface area contributed by atoms with E-state index in [9.17, 15) is 0 Å². The highest BCUT2D eigenvalue weighted by Crippen LogP contribution is 2.18. The lowest BCUT2D eigenvalue weighted by molar-refractivity contribution is 0.969. The summed E-state index contributed by atoms with van der Waals surface area (Å²) in [6, 6.07) is 12.2. The summed E-state index contributed by atoms with van der Waals surface area (Å²) in [6.07, 6.45) is 2.91. The second-order valence-corrected chi connectivity index (χ2v) is 5.16. The Bertz CT molecular complexity index is 528. The van der Waals surface area contributed by atoms with Crippen LogP contribution in [0.15, 0.2) is 47.1 Å². The van der Waals surface area contributed by atoms with E-state index in [1.54, 1.807) is 0 Å². The number of anilines is 2. The van der Waals surface area contributed by atoms with Gasteiger partial charge in [-0.05, 0) is 24.1 Å². The Morgan fingerprint density at radius 1 is 1.16 bits per heavy atom. The second kappa shape index (κ2) is 7.14. The van der Waals surface area contributed by atoms with Gasteiger partial charge in [-0.1, -0.05) is 41.1 Å². The molecule has 0 saturated heterocycles. The molecule has 0 saturated carbocycles. The first kappa shape index (κ1) is 13.9. The van der Waals surface area contributed by atoms with Gasteiger partial charge in [0.2, 0.25) is 0 Å². The highest BCUT2D eigenvalue weighted by atomic mass is 79.9. The van der Waals surface area contributed by atoms with E-state index in [0.717, 1.165) is 35.5 Å². The van der Waals surface area contributed by atoms with Gasteiger partial charge in [0.15, 0.2) is 0 Å². The van der Waals surface area contributed by atoms with Crippen molar-refractivity contribution in [1.29, 1.82) is 0 Å². The summed E-state index contributed by atoms with van der Waals surface area (Å²) in [6.45, 7) is 3.88. The fourth-order valence-corrected chi connectivity index (χ4v) is 2.15. The fourth-order valence-electron chi connectivity index (χ4n) is 1.73. The van der Waals surface area contributed by atoms with Crippen LogP contribution < -0.4 is 10.6 Å². The van der Waals surface area contributed by atoms with Crippen LogP contribution in [-0.2, 0) is 6.54 Å². The van der Waals surface area contributed by atoms with Crippen LogP contribution >= 0.6 is 15.9 Å². The number of pyridine rings is 1. The molecule has 0 aliphatic rings. The van der Waals surface area contributed by atoms with Crippen LogP contribution in [0.3, 0.4) is 0 Å². The summed E-state index contributed by atoms with van der Waals surface area (Å²) in [4.78, 5) is 4.29. The van der Waals surface area contributed by atoms with Gasteiger partial charge in [0.25, 0.3) is 0 Å². The Balaban J connectivity index is 1.98. The van der Waals surface area contributed by atoms with Crippen LogP contribution in [0, 0.1) is 0 Å². The first-order chi connectivity index (χ1) is 9.29. The molecule has 100 valence electrons. The van der Waals surface area contributed by atoms with E-state index in [1.807, 2.05) is 30.5 Å². The lowest BCUT2D eigenvalue weighted by atomic mass is 10.2. The lowest BCUT2D eigenvalue weighted by Gasteiger charge is -2.10. The molecule has 2 N–H and O–H groups in total. The van der Waals surface area contributed by atoms with Gasteiger partial charge in [-0.15, -0.1) is 0 Å². The topological polar surface area (TPSA) is 37.0 Å². The zero-order chi connectivity index (χ0) is 13.5. The standard InChI is InChI=1S/C15H18BrN3/c1-2-8-17-15-10-13(7-9-18-15)19-11-12-5-3-4-6-14(12)16/h3-7,9-10H,2,8,11H2,1H3,(H2,17,18,19).